The Morgan fingerprint density at radius 1 is 1.15 bits per heavy atom. The average Bonchev–Trinajstić information content (AvgIpc) is 2.79. The van der Waals surface area contributed by atoms with Gasteiger partial charge < -0.3 is 10.2 Å². The van der Waals surface area contributed by atoms with Crippen LogP contribution in [0.15, 0.2) is 0 Å². The van der Waals surface area contributed by atoms with Gasteiger partial charge in [0, 0.05) is 31.2 Å². The molecule has 0 radical (unpaired) electrons. The lowest BCUT2D eigenvalue weighted by atomic mass is 9.82. The number of rotatable bonds is 5. The van der Waals surface area contributed by atoms with E-state index in [1.54, 1.807) is 0 Å². The maximum Gasteiger partial charge on any atom is 0.0254 e. The Morgan fingerprint density at radius 3 is 2.50 bits per heavy atom. The summed E-state index contributed by atoms with van der Waals surface area (Å²) in [6.45, 7) is 10.8. The predicted molar refractivity (Wildman–Crippen MR) is 87.1 cm³/mol. The first-order valence-electron chi connectivity index (χ1n) is 8.66. The van der Waals surface area contributed by atoms with Crippen molar-refractivity contribution in [1.29, 1.82) is 0 Å². The molecule has 2 fully saturated rings. The summed E-state index contributed by atoms with van der Waals surface area (Å²) in [7, 11) is 4.47. The summed E-state index contributed by atoms with van der Waals surface area (Å²) in [5.41, 5.74) is 0. The van der Waals surface area contributed by atoms with E-state index in [0.717, 1.165) is 30.0 Å². The number of likely N-dealkylation sites (N-methyl/N-ethyl adjacent to an activating group) is 1. The van der Waals surface area contributed by atoms with Crippen LogP contribution in [0, 0.1) is 11.8 Å². The molecular weight excluding hydrogens is 246 g/mol. The van der Waals surface area contributed by atoms with Crippen molar-refractivity contribution in [3.05, 3.63) is 0 Å². The first kappa shape index (κ1) is 16.3. The minimum atomic E-state index is 0.722. The average molecular weight is 281 g/mol. The second-order valence-electron chi connectivity index (χ2n) is 7.51. The summed E-state index contributed by atoms with van der Waals surface area (Å²) < 4.78 is 0. The molecule has 5 unspecified atom stereocenters. The van der Waals surface area contributed by atoms with Crippen molar-refractivity contribution in [1.82, 2.24) is 15.1 Å². The summed E-state index contributed by atoms with van der Waals surface area (Å²) in [6, 6.07) is 2.22. The quantitative estimate of drug-likeness (QED) is 0.835. The van der Waals surface area contributed by atoms with Crippen LogP contribution in [-0.4, -0.2) is 61.7 Å². The van der Waals surface area contributed by atoms with E-state index >= 15 is 0 Å². The summed E-state index contributed by atoms with van der Waals surface area (Å²) >= 11 is 0. The van der Waals surface area contributed by atoms with Crippen molar-refractivity contribution in [3.63, 3.8) is 0 Å². The van der Waals surface area contributed by atoms with Crippen molar-refractivity contribution < 1.29 is 0 Å². The van der Waals surface area contributed by atoms with Crippen LogP contribution < -0.4 is 5.32 Å². The smallest absolute Gasteiger partial charge is 0.0254 e. The molecule has 0 aromatic heterocycles. The molecule has 0 bridgehead atoms. The van der Waals surface area contributed by atoms with E-state index in [-0.39, 0.29) is 0 Å². The van der Waals surface area contributed by atoms with Gasteiger partial charge in [-0.05, 0) is 58.2 Å². The van der Waals surface area contributed by atoms with Crippen LogP contribution >= 0.6 is 0 Å². The van der Waals surface area contributed by atoms with Crippen LogP contribution in [0.2, 0.25) is 0 Å². The molecule has 0 amide bonds. The first-order chi connectivity index (χ1) is 9.52. The van der Waals surface area contributed by atoms with Crippen LogP contribution in [0.3, 0.4) is 0 Å². The fraction of sp³-hybridized carbons (Fsp3) is 1.00. The molecule has 1 aliphatic carbocycles. The number of nitrogens with zero attached hydrogens (tertiary/aromatic N) is 2. The Bertz CT molecular complexity index is 290. The van der Waals surface area contributed by atoms with Gasteiger partial charge in [0.15, 0.2) is 0 Å². The van der Waals surface area contributed by atoms with E-state index in [1.165, 1.54) is 45.3 Å². The second-order valence-corrected chi connectivity index (χ2v) is 7.51. The van der Waals surface area contributed by atoms with Crippen molar-refractivity contribution in [3.8, 4) is 0 Å². The Kier molecular flexibility index (Phi) is 5.88. The highest BCUT2D eigenvalue weighted by Crippen LogP contribution is 2.32. The van der Waals surface area contributed by atoms with Crippen LogP contribution in [-0.2, 0) is 0 Å². The van der Waals surface area contributed by atoms with Gasteiger partial charge >= 0.3 is 0 Å². The Morgan fingerprint density at radius 2 is 1.90 bits per heavy atom. The van der Waals surface area contributed by atoms with Crippen LogP contribution in [0.5, 0.6) is 0 Å². The van der Waals surface area contributed by atoms with Gasteiger partial charge in [0.05, 0.1) is 0 Å². The summed E-state index contributed by atoms with van der Waals surface area (Å²) in [5, 5.41) is 3.82. The van der Waals surface area contributed by atoms with E-state index in [9.17, 15) is 0 Å². The molecule has 3 nitrogen and oxygen atoms in total. The number of hydrogen-bond donors (Lipinski definition) is 1. The largest absolute Gasteiger partial charge is 0.312 e. The molecule has 1 heterocycles. The third kappa shape index (κ3) is 3.75. The molecule has 118 valence electrons. The Labute approximate surface area is 126 Å². The van der Waals surface area contributed by atoms with E-state index in [1.807, 2.05) is 0 Å². The zero-order chi connectivity index (χ0) is 14.7. The normalized spacial score (nSPS) is 39.6. The van der Waals surface area contributed by atoms with Crippen molar-refractivity contribution in [2.45, 2.75) is 64.6 Å². The van der Waals surface area contributed by atoms with Gasteiger partial charge in [-0.3, -0.25) is 4.90 Å². The molecule has 1 N–H and O–H groups in total. The zero-order valence-electron chi connectivity index (χ0n) is 14.2. The minimum absolute atomic E-state index is 0.722. The zero-order valence-corrected chi connectivity index (χ0v) is 14.2. The number of nitrogens with one attached hydrogen (secondary N) is 1. The van der Waals surface area contributed by atoms with Crippen molar-refractivity contribution in [2.75, 3.05) is 33.7 Å². The highest BCUT2D eigenvalue weighted by atomic mass is 15.3. The lowest BCUT2D eigenvalue weighted by molar-refractivity contribution is 0.115. The van der Waals surface area contributed by atoms with E-state index < -0.39 is 0 Å². The van der Waals surface area contributed by atoms with Gasteiger partial charge in [-0.1, -0.05) is 20.8 Å². The molecule has 20 heavy (non-hydrogen) atoms. The molecule has 5 atom stereocenters. The monoisotopic (exact) mass is 281 g/mol. The van der Waals surface area contributed by atoms with Gasteiger partial charge in [0.2, 0.25) is 0 Å². The molecule has 1 saturated carbocycles. The molecule has 1 aliphatic heterocycles. The fourth-order valence-corrected chi connectivity index (χ4v) is 4.25. The van der Waals surface area contributed by atoms with E-state index in [0.29, 0.717) is 0 Å². The van der Waals surface area contributed by atoms with E-state index in [4.69, 9.17) is 0 Å². The second kappa shape index (κ2) is 7.24. The maximum atomic E-state index is 3.82. The molecule has 3 heteroatoms. The predicted octanol–water partition coefficient (Wildman–Crippen LogP) is 2.43. The summed E-state index contributed by atoms with van der Waals surface area (Å²) in [6.07, 6.45) is 5.39. The third-order valence-electron chi connectivity index (χ3n) is 5.47. The topological polar surface area (TPSA) is 18.5 Å². The summed E-state index contributed by atoms with van der Waals surface area (Å²) in [5.74, 6) is 1.70. The van der Waals surface area contributed by atoms with Crippen LogP contribution in [0.1, 0.15) is 46.5 Å². The lowest BCUT2D eigenvalue weighted by Crippen LogP contribution is -2.53. The summed E-state index contributed by atoms with van der Waals surface area (Å²) in [4.78, 5) is 5.21. The first-order valence-corrected chi connectivity index (χ1v) is 8.66. The molecule has 0 spiro atoms. The van der Waals surface area contributed by atoms with Gasteiger partial charge in [-0.25, -0.2) is 0 Å². The third-order valence-corrected chi connectivity index (χ3v) is 5.47. The SMILES string of the molecule is CCCNC1CCC(C)CC1N1CC(C)C(N(C)C)C1. The Hall–Kier alpha value is -0.120. The molecule has 1 saturated heterocycles. The minimum Gasteiger partial charge on any atom is -0.312 e. The molecule has 2 aliphatic rings. The van der Waals surface area contributed by atoms with Gasteiger partial charge in [0.1, 0.15) is 0 Å². The number of likely N-dealkylation sites (tertiary alicyclic amines) is 1. The van der Waals surface area contributed by atoms with E-state index in [2.05, 4.69) is 50.0 Å². The van der Waals surface area contributed by atoms with Gasteiger partial charge in [0.25, 0.3) is 0 Å². The maximum absolute atomic E-state index is 3.82. The highest BCUT2D eigenvalue weighted by Gasteiger charge is 2.39. The number of hydrogen-bond acceptors (Lipinski definition) is 3. The van der Waals surface area contributed by atoms with Gasteiger partial charge in [-0.15, -0.1) is 0 Å². The van der Waals surface area contributed by atoms with Gasteiger partial charge in [-0.2, -0.15) is 0 Å². The molecule has 0 aromatic rings. The standard InChI is InChI=1S/C17H35N3/c1-6-9-18-15-8-7-13(2)10-16(15)20-11-14(3)17(12-20)19(4)5/h13-18H,6-12H2,1-5H3. The highest BCUT2D eigenvalue weighted by molar-refractivity contribution is 4.96. The fourth-order valence-electron chi connectivity index (χ4n) is 4.25. The lowest BCUT2D eigenvalue weighted by Gasteiger charge is -2.41. The van der Waals surface area contributed by atoms with Crippen molar-refractivity contribution in [2.24, 2.45) is 11.8 Å². The molecule has 2 rings (SSSR count). The van der Waals surface area contributed by atoms with Crippen LogP contribution in [0.4, 0.5) is 0 Å². The van der Waals surface area contributed by atoms with Crippen LogP contribution in [0.25, 0.3) is 0 Å². The Balaban J connectivity index is 1.99. The van der Waals surface area contributed by atoms with Crippen molar-refractivity contribution >= 4 is 0 Å². The molecular formula is C17H35N3. The molecule has 0 aromatic carbocycles.